The Labute approximate surface area is 81.9 Å². The molecular formula is C11H10N2O. The van der Waals surface area contributed by atoms with Crippen LogP contribution in [0.3, 0.4) is 0 Å². The van der Waals surface area contributed by atoms with Crippen molar-refractivity contribution in [1.29, 1.82) is 0 Å². The molecule has 3 nitrogen and oxygen atoms in total. The monoisotopic (exact) mass is 186 g/mol. The van der Waals surface area contributed by atoms with Gasteiger partial charge in [-0.2, -0.15) is 0 Å². The highest BCUT2D eigenvalue weighted by Gasteiger charge is 1.97. The van der Waals surface area contributed by atoms with Crippen LogP contribution < -0.4 is 5.73 Å². The maximum atomic E-state index is 5.34. The summed E-state index contributed by atoms with van der Waals surface area (Å²) in [5, 5.41) is 0. The molecular weight excluding hydrogens is 176 g/mol. The number of benzene rings is 1. The summed E-state index contributed by atoms with van der Waals surface area (Å²) in [6.45, 7) is 0.596. The maximum Gasteiger partial charge on any atom is 0.181 e. The van der Waals surface area contributed by atoms with Crippen LogP contribution in [0, 0.1) is 11.8 Å². The van der Waals surface area contributed by atoms with E-state index in [1.54, 1.807) is 0 Å². The van der Waals surface area contributed by atoms with Gasteiger partial charge in [-0.1, -0.05) is 11.8 Å². The summed E-state index contributed by atoms with van der Waals surface area (Å²) >= 11 is 0. The molecule has 0 fully saturated rings. The molecule has 0 unspecified atom stereocenters. The van der Waals surface area contributed by atoms with Crippen molar-refractivity contribution in [2.45, 2.75) is 6.42 Å². The molecule has 0 radical (unpaired) electrons. The summed E-state index contributed by atoms with van der Waals surface area (Å²) in [5.74, 6) is 5.99. The average Bonchev–Trinajstić information content (AvgIpc) is 2.65. The highest BCUT2D eigenvalue weighted by molar-refractivity contribution is 5.73. The Balaban J connectivity index is 2.31. The molecule has 1 aromatic heterocycles. The second-order valence-corrected chi connectivity index (χ2v) is 2.88. The van der Waals surface area contributed by atoms with E-state index < -0.39 is 0 Å². The van der Waals surface area contributed by atoms with E-state index in [0.717, 1.165) is 23.1 Å². The van der Waals surface area contributed by atoms with Gasteiger partial charge < -0.3 is 10.2 Å². The predicted octanol–water partition coefficient (Wildman–Crippen LogP) is 1.53. The molecule has 0 aliphatic heterocycles. The Morgan fingerprint density at radius 2 is 2.36 bits per heavy atom. The van der Waals surface area contributed by atoms with Crippen LogP contribution in [0.4, 0.5) is 0 Å². The van der Waals surface area contributed by atoms with E-state index in [0.29, 0.717) is 6.54 Å². The second kappa shape index (κ2) is 3.95. The lowest BCUT2D eigenvalue weighted by Crippen LogP contribution is -1.95. The maximum absolute atomic E-state index is 5.34. The Kier molecular flexibility index (Phi) is 2.48. The van der Waals surface area contributed by atoms with Crippen LogP contribution in [-0.2, 0) is 0 Å². The quantitative estimate of drug-likeness (QED) is 0.687. The summed E-state index contributed by atoms with van der Waals surface area (Å²) in [5.41, 5.74) is 7.91. The molecule has 0 aliphatic carbocycles. The normalized spacial score (nSPS) is 9.79. The number of rotatable bonds is 1. The van der Waals surface area contributed by atoms with E-state index >= 15 is 0 Å². The van der Waals surface area contributed by atoms with Crippen LogP contribution in [0.2, 0.25) is 0 Å². The molecule has 0 amide bonds. The summed E-state index contributed by atoms with van der Waals surface area (Å²) in [6, 6.07) is 5.69. The standard InChI is InChI=1S/C11H10N2O/c12-6-2-1-3-9-4-5-11-10(7-9)13-8-14-11/h4-5,7-8H,2,6,12H2. The van der Waals surface area contributed by atoms with Gasteiger partial charge in [0, 0.05) is 18.5 Å². The Morgan fingerprint density at radius 3 is 3.21 bits per heavy atom. The Hall–Kier alpha value is -1.79. The van der Waals surface area contributed by atoms with Crippen molar-refractivity contribution < 1.29 is 4.42 Å². The third-order valence-corrected chi connectivity index (χ3v) is 1.83. The van der Waals surface area contributed by atoms with E-state index in [-0.39, 0.29) is 0 Å². The van der Waals surface area contributed by atoms with Gasteiger partial charge in [0.25, 0.3) is 0 Å². The van der Waals surface area contributed by atoms with Crippen LogP contribution in [0.15, 0.2) is 29.0 Å². The number of fused-ring (bicyclic) bond motifs is 1. The minimum Gasteiger partial charge on any atom is -0.443 e. The first kappa shape index (κ1) is 8.79. The van der Waals surface area contributed by atoms with Gasteiger partial charge in [0.15, 0.2) is 12.0 Å². The molecule has 14 heavy (non-hydrogen) atoms. The van der Waals surface area contributed by atoms with Gasteiger partial charge in [-0.05, 0) is 18.2 Å². The molecule has 1 heterocycles. The SMILES string of the molecule is NCCC#Cc1ccc2ocnc2c1. The predicted molar refractivity (Wildman–Crippen MR) is 54.6 cm³/mol. The topological polar surface area (TPSA) is 52.0 Å². The molecule has 0 saturated carbocycles. The Bertz CT molecular complexity index is 490. The number of hydrogen-bond donors (Lipinski definition) is 1. The fourth-order valence-corrected chi connectivity index (χ4v) is 1.17. The molecule has 2 rings (SSSR count). The van der Waals surface area contributed by atoms with Gasteiger partial charge >= 0.3 is 0 Å². The van der Waals surface area contributed by atoms with Crippen molar-refractivity contribution in [3.05, 3.63) is 30.2 Å². The van der Waals surface area contributed by atoms with Gasteiger partial charge in [0.1, 0.15) is 5.52 Å². The minimum atomic E-state index is 0.596. The molecule has 2 N–H and O–H groups in total. The third kappa shape index (κ3) is 1.76. The van der Waals surface area contributed by atoms with E-state index in [1.807, 2.05) is 18.2 Å². The van der Waals surface area contributed by atoms with Crippen LogP contribution in [0.5, 0.6) is 0 Å². The first-order chi connectivity index (χ1) is 6.90. The van der Waals surface area contributed by atoms with Gasteiger partial charge in [0.05, 0.1) is 0 Å². The largest absolute Gasteiger partial charge is 0.443 e. The lowest BCUT2D eigenvalue weighted by molar-refractivity contribution is 0.602. The number of nitrogens with zero attached hydrogens (tertiary/aromatic N) is 1. The van der Waals surface area contributed by atoms with Gasteiger partial charge in [0.2, 0.25) is 0 Å². The van der Waals surface area contributed by atoms with E-state index in [2.05, 4.69) is 16.8 Å². The van der Waals surface area contributed by atoms with Gasteiger partial charge in [-0.25, -0.2) is 4.98 Å². The zero-order chi connectivity index (χ0) is 9.80. The molecule has 0 spiro atoms. The van der Waals surface area contributed by atoms with Crippen molar-refractivity contribution in [2.24, 2.45) is 5.73 Å². The van der Waals surface area contributed by atoms with Crippen LogP contribution in [0.1, 0.15) is 12.0 Å². The first-order valence-corrected chi connectivity index (χ1v) is 4.42. The number of aromatic nitrogens is 1. The molecule has 0 aliphatic rings. The number of nitrogens with two attached hydrogens (primary N) is 1. The smallest absolute Gasteiger partial charge is 0.181 e. The fraction of sp³-hybridized carbons (Fsp3) is 0.182. The fourth-order valence-electron chi connectivity index (χ4n) is 1.17. The van der Waals surface area contributed by atoms with E-state index in [1.165, 1.54) is 6.39 Å². The molecule has 2 aromatic rings. The third-order valence-electron chi connectivity index (χ3n) is 1.83. The van der Waals surface area contributed by atoms with Crippen LogP contribution in [-0.4, -0.2) is 11.5 Å². The lowest BCUT2D eigenvalue weighted by Gasteiger charge is -1.88. The summed E-state index contributed by atoms with van der Waals surface area (Å²) in [7, 11) is 0. The summed E-state index contributed by atoms with van der Waals surface area (Å²) in [6.07, 6.45) is 2.15. The summed E-state index contributed by atoms with van der Waals surface area (Å²) < 4.78 is 5.12. The van der Waals surface area contributed by atoms with Crippen molar-refractivity contribution >= 4 is 11.1 Å². The van der Waals surface area contributed by atoms with E-state index in [9.17, 15) is 0 Å². The molecule has 70 valence electrons. The number of hydrogen-bond acceptors (Lipinski definition) is 3. The van der Waals surface area contributed by atoms with Crippen LogP contribution in [0.25, 0.3) is 11.1 Å². The molecule has 0 bridgehead atoms. The van der Waals surface area contributed by atoms with Crippen molar-refractivity contribution in [3.63, 3.8) is 0 Å². The highest BCUT2D eigenvalue weighted by Crippen LogP contribution is 2.13. The zero-order valence-corrected chi connectivity index (χ0v) is 7.66. The highest BCUT2D eigenvalue weighted by atomic mass is 16.3. The first-order valence-electron chi connectivity index (χ1n) is 4.42. The lowest BCUT2D eigenvalue weighted by atomic mass is 10.2. The van der Waals surface area contributed by atoms with Crippen molar-refractivity contribution in [2.75, 3.05) is 6.54 Å². The minimum absolute atomic E-state index is 0.596. The second-order valence-electron chi connectivity index (χ2n) is 2.88. The average molecular weight is 186 g/mol. The van der Waals surface area contributed by atoms with Crippen molar-refractivity contribution in [1.82, 2.24) is 4.98 Å². The zero-order valence-electron chi connectivity index (χ0n) is 7.66. The van der Waals surface area contributed by atoms with Gasteiger partial charge in [-0.3, -0.25) is 0 Å². The number of oxazole rings is 1. The van der Waals surface area contributed by atoms with Crippen molar-refractivity contribution in [3.8, 4) is 11.8 Å². The van der Waals surface area contributed by atoms with E-state index in [4.69, 9.17) is 10.2 Å². The summed E-state index contributed by atoms with van der Waals surface area (Å²) in [4.78, 5) is 4.05. The molecule has 0 atom stereocenters. The molecule has 0 saturated heterocycles. The Morgan fingerprint density at radius 1 is 1.43 bits per heavy atom. The van der Waals surface area contributed by atoms with Crippen LogP contribution >= 0.6 is 0 Å². The molecule has 3 heteroatoms. The van der Waals surface area contributed by atoms with Gasteiger partial charge in [-0.15, -0.1) is 0 Å². The molecule has 1 aromatic carbocycles.